The van der Waals surface area contributed by atoms with E-state index in [1.807, 2.05) is 38.1 Å². The Balaban J connectivity index is 2.59. The van der Waals surface area contributed by atoms with Crippen LogP contribution >= 0.6 is 0 Å². The number of nitrogens with two attached hydrogens (primary N) is 1. The minimum absolute atomic E-state index is 0.261. The summed E-state index contributed by atoms with van der Waals surface area (Å²) in [5.74, 6) is 0.288. The molecule has 18 heavy (non-hydrogen) atoms. The zero-order chi connectivity index (χ0) is 13.5. The van der Waals surface area contributed by atoms with Crippen molar-refractivity contribution in [3.05, 3.63) is 35.4 Å². The molecular formula is C15H25NO2. The van der Waals surface area contributed by atoms with Crippen LogP contribution in [0.25, 0.3) is 0 Å². The lowest BCUT2D eigenvalue weighted by Gasteiger charge is -2.15. The Bertz CT molecular complexity index is 352. The summed E-state index contributed by atoms with van der Waals surface area (Å²) in [5, 5.41) is 19.7. The zero-order valence-corrected chi connectivity index (χ0v) is 11.3. The molecule has 0 aliphatic rings. The molecule has 0 saturated heterocycles. The first-order valence-electron chi connectivity index (χ1n) is 6.69. The van der Waals surface area contributed by atoms with Crippen molar-refractivity contribution < 1.29 is 10.2 Å². The number of aliphatic hydroxyl groups is 2. The fraction of sp³-hybridized carbons (Fsp3) is 0.600. The van der Waals surface area contributed by atoms with Crippen LogP contribution in [0, 0.1) is 5.92 Å². The van der Waals surface area contributed by atoms with Gasteiger partial charge in [-0.05, 0) is 42.9 Å². The third-order valence-electron chi connectivity index (χ3n) is 3.27. The molecule has 4 N–H and O–H groups in total. The van der Waals surface area contributed by atoms with Crippen molar-refractivity contribution in [2.75, 3.05) is 6.54 Å². The Morgan fingerprint density at radius 1 is 1.17 bits per heavy atom. The summed E-state index contributed by atoms with van der Waals surface area (Å²) in [7, 11) is 0. The second-order valence-corrected chi connectivity index (χ2v) is 5.19. The first-order valence-corrected chi connectivity index (χ1v) is 6.69. The van der Waals surface area contributed by atoms with Crippen molar-refractivity contribution in [2.24, 2.45) is 11.7 Å². The highest BCUT2D eigenvalue weighted by Gasteiger charge is 2.10. The predicted octanol–water partition coefficient (Wildman–Crippen LogP) is 2.02. The summed E-state index contributed by atoms with van der Waals surface area (Å²) in [6, 6.07) is 7.91. The quantitative estimate of drug-likeness (QED) is 0.694. The van der Waals surface area contributed by atoms with E-state index in [1.54, 1.807) is 0 Å². The van der Waals surface area contributed by atoms with Gasteiger partial charge in [-0.25, -0.2) is 0 Å². The van der Waals surface area contributed by atoms with Gasteiger partial charge in [0.2, 0.25) is 0 Å². The van der Waals surface area contributed by atoms with Crippen LogP contribution in [-0.2, 0) is 6.42 Å². The van der Waals surface area contributed by atoms with Gasteiger partial charge >= 0.3 is 0 Å². The molecule has 0 saturated carbocycles. The average Bonchev–Trinajstić information content (AvgIpc) is 2.36. The summed E-state index contributed by atoms with van der Waals surface area (Å²) < 4.78 is 0. The second-order valence-electron chi connectivity index (χ2n) is 5.19. The summed E-state index contributed by atoms with van der Waals surface area (Å²) >= 11 is 0. The lowest BCUT2D eigenvalue weighted by atomic mass is 9.97. The fourth-order valence-corrected chi connectivity index (χ4v) is 1.93. The number of aliphatic hydroxyl groups excluding tert-OH is 2. The van der Waals surface area contributed by atoms with E-state index in [4.69, 9.17) is 5.73 Å². The lowest BCUT2D eigenvalue weighted by molar-refractivity contribution is 0.116. The van der Waals surface area contributed by atoms with Crippen LogP contribution in [0.3, 0.4) is 0 Å². The molecule has 0 aliphatic heterocycles. The molecule has 102 valence electrons. The third-order valence-corrected chi connectivity index (χ3v) is 3.27. The molecule has 0 radical (unpaired) electrons. The van der Waals surface area contributed by atoms with Crippen LogP contribution in [0.1, 0.15) is 43.9 Å². The topological polar surface area (TPSA) is 66.5 Å². The summed E-state index contributed by atoms with van der Waals surface area (Å²) in [5.41, 5.74) is 7.51. The molecule has 2 unspecified atom stereocenters. The van der Waals surface area contributed by atoms with Crippen molar-refractivity contribution >= 4 is 0 Å². The van der Waals surface area contributed by atoms with Gasteiger partial charge < -0.3 is 15.9 Å². The Kier molecular flexibility index (Phi) is 6.33. The monoisotopic (exact) mass is 251 g/mol. The molecule has 0 aromatic heterocycles. The van der Waals surface area contributed by atoms with Crippen LogP contribution in [0.5, 0.6) is 0 Å². The predicted molar refractivity (Wildman–Crippen MR) is 74.2 cm³/mol. The van der Waals surface area contributed by atoms with E-state index < -0.39 is 6.10 Å². The molecule has 0 amide bonds. The van der Waals surface area contributed by atoms with Crippen LogP contribution in [0.2, 0.25) is 0 Å². The first-order chi connectivity index (χ1) is 8.54. The normalized spacial score (nSPS) is 14.8. The Morgan fingerprint density at radius 2 is 1.89 bits per heavy atom. The molecule has 2 atom stereocenters. The van der Waals surface area contributed by atoms with Gasteiger partial charge in [-0.15, -0.1) is 0 Å². The molecule has 3 heteroatoms. The lowest BCUT2D eigenvalue weighted by Crippen LogP contribution is -2.15. The zero-order valence-electron chi connectivity index (χ0n) is 11.3. The van der Waals surface area contributed by atoms with Crippen LogP contribution in [-0.4, -0.2) is 22.9 Å². The van der Waals surface area contributed by atoms with Gasteiger partial charge in [-0.2, -0.15) is 0 Å². The van der Waals surface area contributed by atoms with Gasteiger partial charge in [0.25, 0.3) is 0 Å². The Labute approximate surface area is 110 Å². The molecular weight excluding hydrogens is 226 g/mol. The third kappa shape index (κ3) is 4.77. The molecule has 1 aromatic rings. The number of hydrogen-bond donors (Lipinski definition) is 3. The van der Waals surface area contributed by atoms with E-state index >= 15 is 0 Å². The van der Waals surface area contributed by atoms with Gasteiger partial charge in [0.1, 0.15) is 0 Å². The van der Waals surface area contributed by atoms with E-state index in [0.29, 0.717) is 13.0 Å². The van der Waals surface area contributed by atoms with Gasteiger partial charge in [-0.1, -0.05) is 38.1 Å². The fourth-order valence-electron chi connectivity index (χ4n) is 1.93. The van der Waals surface area contributed by atoms with Gasteiger partial charge in [0.15, 0.2) is 0 Å². The largest absolute Gasteiger partial charge is 0.393 e. The van der Waals surface area contributed by atoms with Crippen molar-refractivity contribution in [1.29, 1.82) is 0 Å². The van der Waals surface area contributed by atoms with Gasteiger partial charge in [0, 0.05) is 0 Å². The van der Waals surface area contributed by atoms with Gasteiger partial charge in [-0.3, -0.25) is 0 Å². The molecule has 1 rings (SSSR count). The standard InChI is InChI=1S/C15H25NO2/c1-11(2)14(17)7-6-12-4-3-5-13(10-12)15(18)8-9-16/h3-5,10-11,14-15,17-18H,6-9,16H2,1-2H3. The smallest absolute Gasteiger partial charge is 0.0802 e. The molecule has 0 bridgehead atoms. The SMILES string of the molecule is CC(C)C(O)CCc1cccc(C(O)CCN)c1. The number of aryl methyl sites for hydroxylation is 1. The first kappa shape index (κ1) is 15.2. The maximum absolute atomic E-state index is 9.88. The Morgan fingerprint density at radius 3 is 2.50 bits per heavy atom. The highest BCUT2D eigenvalue weighted by atomic mass is 16.3. The van der Waals surface area contributed by atoms with Crippen molar-refractivity contribution in [1.82, 2.24) is 0 Å². The van der Waals surface area contributed by atoms with E-state index in [-0.39, 0.29) is 12.0 Å². The highest BCUT2D eigenvalue weighted by Crippen LogP contribution is 2.19. The average molecular weight is 251 g/mol. The van der Waals surface area contributed by atoms with E-state index in [2.05, 4.69) is 0 Å². The number of hydrogen-bond acceptors (Lipinski definition) is 3. The van der Waals surface area contributed by atoms with Crippen LogP contribution < -0.4 is 5.73 Å². The summed E-state index contributed by atoms with van der Waals surface area (Å²) in [6.07, 6.45) is 1.43. The molecule has 0 spiro atoms. The molecule has 0 heterocycles. The number of rotatable bonds is 7. The van der Waals surface area contributed by atoms with Crippen molar-refractivity contribution in [3.63, 3.8) is 0 Å². The summed E-state index contributed by atoms with van der Waals surface area (Å²) in [6.45, 7) is 4.52. The minimum atomic E-state index is -0.482. The van der Waals surface area contributed by atoms with Crippen LogP contribution in [0.4, 0.5) is 0 Å². The maximum atomic E-state index is 9.88. The van der Waals surface area contributed by atoms with E-state index in [1.165, 1.54) is 0 Å². The molecule has 3 nitrogen and oxygen atoms in total. The molecule has 0 fully saturated rings. The van der Waals surface area contributed by atoms with Crippen molar-refractivity contribution in [2.45, 2.75) is 45.3 Å². The highest BCUT2D eigenvalue weighted by molar-refractivity contribution is 5.25. The van der Waals surface area contributed by atoms with E-state index in [9.17, 15) is 10.2 Å². The summed E-state index contributed by atoms with van der Waals surface area (Å²) in [4.78, 5) is 0. The maximum Gasteiger partial charge on any atom is 0.0802 e. The van der Waals surface area contributed by atoms with Gasteiger partial charge in [0.05, 0.1) is 12.2 Å². The molecule has 0 aliphatic carbocycles. The van der Waals surface area contributed by atoms with Crippen LogP contribution in [0.15, 0.2) is 24.3 Å². The second kappa shape index (κ2) is 7.52. The molecule has 1 aromatic carbocycles. The Hall–Kier alpha value is -0.900. The minimum Gasteiger partial charge on any atom is -0.393 e. The van der Waals surface area contributed by atoms with Crippen molar-refractivity contribution in [3.8, 4) is 0 Å². The van der Waals surface area contributed by atoms with E-state index in [0.717, 1.165) is 24.0 Å². The number of benzene rings is 1.